The number of anilines is 1. The lowest BCUT2D eigenvalue weighted by Gasteiger charge is -2.07. The number of nitrogens with one attached hydrogen (secondary N) is 1. The second-order valence-corrected chi connectivity index (χ2v) is 4.57. The minimum absolute atomic E-state index is 0.0332. The molecule has 0 spiro atoms. The molecule has 1 aromatic heterocycles. The number of nitrogens with two attached hydrogens (primary N) is 1. The largest absolute Gasteiger partial charge is 0.371 e. The van der Waals surface area contributed by atoms with Gasteiger partial charge in [-0.3, -0.25) is 9.78 Å². The molecule has 2 rings (SSSR count). The number of carbonyl (C=O) groups excluding carboxylic acids is 1. The number of hydrogen-bond acceptors (Lipinski definition) is 4. The van der Waals surface area contributed by atoms with Gasteiger partial charge in [0.15, 0.2) is 0 Å². The Labute approximate surface area is 124 Å². The van der Waals surface area contributed by atoms with Gasteiger partial charge in [-0.05, 0) is 29.8 Å². The molecule has 5 nitrogen and oxygen atoms in total. The molecule has 0 saturated heterocycles. The lowest BCUT2D eigenvalue weighted by molar-refractivity contribution is -0.120. The third kappa shape index (κ3) is 5.33. The number of rotatable bonds is 7. The molecule has 21 heavy (non-hydrogen) atoms. The predicted molar refractivity (Wildman–Crippen MR) is 81.7 cm³/mol. The number of aromatic nitrogens is 1. The van der Waals surface area contributed by atoms with E-state index in [0.717, 1.165) is 16.9 Å². The van der Waals surface area contributed by atoms with E-state index in [1.165, 1.54) is 0 Å². The number of carbonyl (C=O) groups is 1. The number of pyridine rings is 1. The fourth-order valence-corrected chi connectivity index (χ4v) is 1.81. The standard InChI is InChI=1S/C16H19N3O2/c17-11-13-4-6-15(7-5-13)19-16(20)12-21-10-8-14-3-1-2-9-18-14/h1-7,9H,8,10-12,17H2,(H,19,20). The minimum atomic E-state index is -0.170. The molecule has 1 aromatic carbocycles. The van der Waals surface area contributed by atoms with Gasteiger partial charge < -0.3 is 15.8 Å². The Morgan fingerprint density at radius 2 is 2.00 bits per heavy atom. The Morgan fingerprint density at radius 3 is 2.67 bits per heavy atom. The highest BCUT2D eigenvalue weighted by molar-refractivity contribution is 5.91. The van der Waals surface area contributed by atoms with Crippen LogP contribution in [-0.2, 0) is 22.5 Å². The predicted octanol–water partition coefficient (Wildman–Crippen LogP) is 1.74. The molecule has 0 saturated carbocycles. The van der Waals surface area contributed by atoms with Gasteiger partial charge in [-0.2, -0.15) is 0 Å². The average molecular weight is 285 g/mol. The van der Waals surface area contributed by atoms with Crippen molar-refractivity contribution in [3.8, 4) is 0 Å². The zero-order chi connectivity index (χ0) is 14.9. The normalized spacial score (nSPS) is 10.3. The molecule has 3 N–H and O–H groups in total. The smallest absolute Gasteiger partial charge is 0.250 e. The van der Waals surface area contributed by atoms with Gasteiger partial charge in [0, 0.05) is 30.5 Å². The first-order valence-electron chi connectivity index (χ1n) is 6.84. The van der Waals surface area contributed by atoms with Crippen molar-refractivity contribution >= 4 is 11.6 Å². The highest BCUT2D eigenvalue weighted by Crippen LogP contribution is 2.08. The van der Waals surface area contributed by atoms with Crippen molar-refractivity contribution in [1.82, 2.24) is 4.98 Å². The molecule has 1 amide bonds. The van der Waals surface area contributed by atoms with Crippen molar-refractivity contribution in [2.24, 2.45) is 5.73 Å². The summed E-state index contributed by atoms with van der Waals surface area (Å²) in [6.07, 6.45) is 2.44. The number of hydrogen-bond donors (Lipinski definition) is 2. The summed E-state index contributed by atoms with van der Waals surface area (Å²) in [7, 11) is 0. The summed E-state index contributed by atoms with van der Waals surface area (Å²) in [5, 5.41) is 2.77. The molecule has 110 valence electrons. The summed E-state index contributed by atoms with van der Waals surface area (Å²) >= 11 is 0. The second kappa shape index (κ2) is 8.14. The van der Waals surface area contributed by atoms with Crippen LogP contribution in [-0.4, -0.2) is 24.1 Å². The Balaban J connectivity index is 1.67. The number of nitrogens with zero attached hydrogens (tertiary/aromatic N) is 1. The zero-order valence-corrected chi connectivity index (χ0v) is 11.8. The van der Waals surface area contributed by atoms with E-state index in [0.29, 0.717) is 19.6 Å². The first-order chi connectivity index (χ1) is 10.3. The van der Waals surface area contributed by atoms with Crippen LogP contribution in [0.1, 0.15) is 11.3 Å². The summed E-state index contributed by atoms with van der Waals surface area (Å²) in [6, 6.07) is 13.2. The lowest BCUT2D eigenvalue weighted by atomic mass is 10.2. The summed E-state index contributed by atoms with van der Waals surface area (Å²) in [6.45, 7) is 0.993. The number of amides is 1. The van der Waals surface area contributed by atoms with E-state index in [1.807, 2.05) is 42.5 Å². The molecule has 1 heterocycles. The maximum atomic E-state index is 11.7. The highest BCUT2D eigenvalue weighted by atomic mass is 16.5. The number of benzene rings is 1. The summed E-state index contributed by atoms with van der Waals surface area (Å²) < 4.78 is 5.34. The Hall–Kier alpha value is -2.24. The van der Waals surface area contributed by atoms with Crippen LogP contribution in [0.3, 0.4) is 0 Å². The molecule has 0 bridgehead atoms. The van der Waals surface area contributed by atoms with E-state index in [2.05, 4.69) is 10.3 Å². The quantitative estimate of drug-likeness (QED) is 0.760. The van der Waals surface area contributed by atoms with E-state index in [9.17, 15) is 4.79 Å². The molecule has 0 radical (unpaired) electrons. The van der Waals surface area contributed by atoms with E-state index < -0.39 is 0 Å². The van der Waals surface area contributed by atoms with Crippen LogP contribution in [0.2, 0.25) is 0 Å². The molecule has 0 fully saturated rings. The van der Waals surface area contributed by atoms with Gasteiger partial charge in [0.25, 0.3) is 0 Å². The van der Waals surface area contributed by atoms with Crippen molar-refractivity contribution in [3.63, 3.8) is 0 Å². The van der Waals surface area contributed by atoms with Crippen molar-refractivity contribution in [2.45, 2.75) is 13.0 Å². The van der Waals surface area contributed by atoms with Gasteiger partial charge in [-0.25, -0.2) is 0 Å². The van der Waals surface area contributed by atoms with Crippen LogP contribution in [0.5, 0.6) is 0 Å². The van der Waals surface area contributed by atoms with Crippen molar-refractivity contribution in [3.05, 3.63) is 59.9 Å². The second-order valence-electron chi connectivity index (χ2n) is 4.57. The van der Waals surface area contributed by atoms with Crippen LogP contribution >= 0.6 is 0 Å². The van der Waals surface area contributed by atoms with Gasteiger partial charge in [0.2, 0.25) is 5.91 Å². The van der Waals surface area contributed by atoms with Crippen molar-refractivity contribution in [2.75, 3.05) is 18.5 Å². The molecule has 0 unspecified atom stereocenters. The Morgan fingerprint density at radius 1 is 1.19 bits per heavy atom. The van der Waals surface area contributed by atoms with Crippen LogP contribution in [0, 0.1) is 0 Å². The zero-order valence-electron chi connectivity index (χ0n) is 11.8. The monoisotopic (exact) mass is 285 g/mol. The molecule has 5 heteroatoms. The van der Waals surface area contributed by atoms with Crippen LogP contribution in [0.4, 0.5) is 5.69 Å². The molecule has 0 aliphatic rings. The van der Waals surface area contributed by atoms with Gasteiger partial charge >= 0.3 is 0 Å². The van der Waals surface area contributed by atoms with Gasteiger partial charge in [-0.15, -0.1) is 0 Å². The van der Waals surface area contributed by atoms with E-state index in [4.69, 9.17) is 10.5 Å². The van der Waals surface area contributed by atoms with Crippen molar-refractivity contribution < 1.29 is 9.53 Å². The average Bonchev–Trinajstić information content (AvgIpc) is 2.53. The first-order valence-corrected chi connectivity index (χ1v) is 6.84. The van der Waals surface area contributed by atoms with Gasteiger partial charge in [-0.1, -0.05) is 18.2 Å². The molecule has 0 aliphatic heterocycles. The third-order valence-electron chi connectivity index (χ3n) is 2.94. The van der Waals surface area contributed by atoms with Crippen LogP contribution in [0.25, 0.3) is 0 Å². The van der Waals surface area contributed by atoms with Gasteiger partial charge in [0.05, 0.1) is 6.61 Å². The highest BCUT2D eigenvalue weighted by Gasteiger charge is 2.03. The van der Waals surface area contributed by atoms with Crippen molar-refractivity contribution in [1.29, 1.82) is 0 Å². The summed E-state index contributed by atoms with van der Waals surface area (Å²) in [5.41, 5.74) is 8.24. The van der Waals surface area contributed by atoms with Gasteiger partial charge in [0.1, 0.15) is 6.61 Å². The third-order valence-corrected chi connectivity index (χ3v) is 2.94. The molecule has 0 atom stereocenters. The summed E-state index contributed by atoms with van der Waals surface area (Å²) in [5.74, 6) is -0.170. The molecular formula is C16H19N3O2. The Kier molecular flexibility index (Phi) is 5.87. The minimum Gasteiger partial charge on any atom is -0.371 e. The van der Waals surface area contributed by atoms with E-state index in [-0.39, 0.29) is 12.5 Å². The maximum absolute atomic E-state index is 11.7. The molecular weight excluding hydrogens is 266 g/mol. The SMILES string of the molecule is NCc1ccc(NC(=O)COCCc2ccccn2)cc1. The first kappa shape index (κ1) is 15.2. The fraction of sp³-hybridized carbons (Fsp3) is 0.250. The maximum Gasteiger partial charge on any atom is 0.250 e. The molecule has 0 aliphatic carbocycles. The lowest BCUT2D eigenvalue weighted by Crippen LogP contribution is -2.19. The fourth-order valence-electron chi connectivity index (χ4n) is 1.81. The topological polar surface area (TPSA) is 77.2 Å². The summed E-state index contributed by atoms with van der Waals surface area (Å²) in [4.78, 5) is 15.9. The molecule has 2 aromatic rings. The van der Waals surface area contributed by atoms with Crippen LogP contribution < -0.4 is 11.1 Å². The number of ether oxygens (including phenoxy) is 1. The van der Waals surface area contributed by atoms with E-state index >= 15 is 0 Å². The van der Waals surface area contributed by atoms with Crippen LogP contribution in [0.15, 0.2) is 48.7 Å². The van der Waals surface area contributed by atoms with E-state index in [1.54, 1.807) is 6.20 Å². The Bertz CT molecular complexity index is 555.